The summed E-state index contributed by atoms with van der Waals surface area (Å²) in [6.45, 7) is 3.64. The van der Waals surface area contributed by atoms with Crippen LogP contribution in [0.5, 0.6) is 17.2 Å². The number of hydrogen-bond acceptors (Lipinski definition) is 8. The Labute approximate surface area is 237 Å². The number of nitrogens with zero attached hydrogens (tertiary/aromatic N) is 1. The topological polar surface area (TPSA) is 120 Å². The molecular weight excluding hydrogens is 542 g/mol. The van der Waals surface area contributed by atoms with E-state index in [0.29, 0.717) is 52.4 Å². The van der Waals surface area contributed by atoms with Gasteiger partial charge in [-0.1, -0.05) is 11.6 Å². The third kappa shape index (κ3) is 10.2. The summed E-state index contributed by atoms with van der Waals surface area (Å²) in [6, 6.07) is 8.66. The van der Waals surface area contributed by atoms with Gasteiger partial charge in [-0.25, -0.2) is 13.1 Å². The molecule has 1 fully saturated rings. The van der Waals surface area contributed by atoms with E-state index in [-0.39, 0.29) is 12.4 Å². The quantitative estimate of drug-likeness (QED) is 0.179. The van der Waals surface area contributed by atoms with Crippen molar-refractivity contribution in [1.82, 2.24) is 9.62 Å². The molecule has 216 valence electrons. The van der Waals surface area contributed by atoms with E-state index in [9.17, 15) is 13.2 Å². The first-order chi connectivity index (χ1) is 18.6. The van der Waals surface area contributed by atoms with Gasteiger partial charge in [0.25, 0.3) is 0 Å². The molecule has 1 aliphatic rings. The van der Waals surface area contributed by atoms with E-state index < -0.39 is 10.0 Å². The highest BCUT2D eigenvalue weighted by atomic mass is 35.5. The second kappa shape index (κ2) is 14.7. The number of likely N-dealkylation sites (tertiary alicyclic amines) is 1. The Hall–Kier alpha value is -2.53. The molecule has 3 N–H and O–H groups in total. The second-order valence-electron chi connectivity index (χ2n) is 10.00. The van der Waals surface area contributed by atoms with Crippen LogP contribution in [-0.2, 0) is 16.6 Å². The van der Waals surface area contributed by atoms with Gasteiger partial charge in [-0.05, 0) is 81.4 Å². The molecule has 1 heterocycles. The maximum atomic E-state index is 13.1. The van der Waals surface area contributed by atoms with Gasteiger partial charge in [0, 0.05) is 25.1 Å². The summed E-state index contributed by atoms with van der Waals surface area (Å²) in [5, 5.41) is 0.323. The van der Waals surface area contributed by atoms with Crippen LogP contribution in [0.4, 0.5) is 5.69 Å². The van der Waals surface area contributed by atoms with E-state index in [4.69, 9.17) is 31.5 Å². The van der Waals surface area contributed by atoms with Crippen molar-refractivity contribution in [2.45, 2.75) is 45.1 Å². The molecule has 0 aromatic heterocycles. The molecule has 0 aliphatic carbocycles. The van der Waals surface area contributed by atoms with Gasteiger partial charge in [-0.3, -0.25) is 4.79 Å². The predicted molar refractivity (Wildman–Crippen MR) is 155 cm³/mol. The van der Waals surface area contributed by atoms with Crippen molar-refractivity contribution in [3.8, 4) is 17.2 Å². The van der Waals surface area contributed by atoms with Crippen LogP contribution in [0.1, 0.15) is 54.4 Å². The summed E-state index contributed by atoms with van der Waals surface area (Å²) in [4.78, 5) is 15.5. The number of carbonyl (C=O) groups excluding carboxylic acids is 1. The van der Waals surface area contributed by atoms with Crippen LogP contribution in [0, 0.1) is 5.92 Å². The molecule has 0 unspecified atom stereocenters. The van der Waals surface area contributed by atoms with Crippen LogP contribution in [0.2, 0.25) is 5.02 Å². The minimum absolute atomic E-state index is 0.0350. The van der Waals surface area contributed by atoms with Gasteiger partial charge >= 0.3 is 0 Å². The van der Waals surface area contributed by atoms with Crippen LogP contribution >= 0.6 is 11.6 Å². The number of nitrogens with one attached hydrogen (secondary N) is 1. The number of methoxy groups -OCH3 is 2. The first-order valence-electron chi connectivity index (χ1n) is 13.2. The number of rotatable bonds is 15. The number of unbranched alkanes of at least 4 members (excludes halogenated alkanes) is 1. The zero-order chi connectivity index (χ0) is 28.4. The van der Waals surface area contributed by atoms with Gasteiger partial charge in [0.15, 0.2) is 5.78 Å². The summed E-state index contributed by atoms with van der Waals surface area (Å²) in [5.41, 5.74) is 7.61. The summed E-state index contributed by atoms with van der Waals surface area (Å²) in [7, 11) is 0.0426. The van der Waals surface area contributed by atoms with E-state index in [2.05, 4.69) is 9.62 Å². The maximum Gasteiger partial charge on any atom is 0.208 e. The van der Waals surface area contributed by atoms with Gasteiger partial charge < -0.3 is 24.8 Å². The van der Waals surface area contributed by atoms with Crippen LogP contribution in [0.3, 0.4) is 0 Å². The van der Waals surface area contributed by atoms with Crippen molar-refractivity contribution in [3.63, 3.8) is 0 Å². The standard InChI is InChI=1S/C28H40ClN3O6S/c1-36-22-14-21(15-23(16-22)37-2)19-38-28-18-26(30)25(29)17-24(28)27(33)6-4-5-11-32-12-8-20(9-13-32)7-10-31-39(3,34)35/h14-18,20,31H,4-13,19,30H2,1-3H3. The largest absolute Gasteiger partial charge is 0.497 e. The number of hydrogen-bond donors (Lipinski definition) is 2. The average Bonchev–Trinajstić information content (AvgIpc) is 2.91. The van der Waals surface area contributed by atoms with Crippen LogP contribution < -0.4 is 24.7 Å². The Morgan fingerprint density at radius 2 is 1.74 bits per heavy atom. The molecule has 1 saturated heterocycles. The van der Waals surface area contributed by atoms with E-state index in [0.717, 1.165) is 57.3 Å². The lowest BCUT2D eigenvalue weighted by atomic mass is 9.93. The number of carbonyl (C=O) groups is 1. The number of piperidine rings is 1. The molecular formula is C28H40ClN3O6S. The third-order valence-corrected chi connectivity index (χ3v) is 8.01. The lowest BCUT2D eigenvalue weighted by Crippen LogP contribution is -2.35. The highest BCUT2D eigenvalue weighted by Gasteiger charge is 2.20. The normalized spacial score (nSPS) is 14.8. The molecule has 2 aromatic rings. The summed E-state index contributed by atoms with van der Waals surface area (Å²) in [6.07, 6.45) is 6.24. The molecule has 0 radical (unpaired) electrons. The van der Waals surface area contributed by atoms with Gasteiger partial charge in [0.1, 0.15) is 23.9 Å². The monoisotopic (exact) mass is 581 g/mol. The SMILES string of the molecule is COc1cc(COc2cc(N)c(Cl)cc2C(=O)CCCCN2CCC(CCNS(C)(=O)=O)CC2)cc(OC)c1. The zero-order valence-electron chi connectivity index (χ0n) is 23.0. The van der Waals surface area contributed by atoms with Gasteiger partial charge in [-0.15, -0.1) is 0 Å². The molecule has 1 aliphatic heterocycles. The van der Waals surface area contributed by atoms with E-state index >= 15 is 0 Å². The Bertz CT molecular complexity index is 1190. The van der Waals surface area contributed by atoms with Crippen molar-refractivity contribution in [2.75, 3.05) is 52.4 Å². The molecule has 0 amide bonds. The van der Waals surface area contributed by atoms with E-state index in [1.54, 1.807) is 32.4 Å². The lowest BCUT2D eigenvalue weighted by molar-refractivity contribution is 0.0972. The smallest absolute Gasteiger partial charge is 0.208 e. The number of benzene rings is 2. The van der Waals surface area contributed by atoms with Crippen molar-refractivity contribution >= 4 is 33.1 Å². The molecule has 2 aromatic carbocycles. The minimum atomic E-state index is -3.13. The number of anilines is 1. The third-order valence-electron chi connectivity index (χ3n) is 6.96. The summed E-state index contributed by atoms with van der Waals surface area (Å²) in [5.74, 6) is 2.20. The summed E-state index contributed by atoms with van der Waals surface area (Å²) < 4.78 is 41.7. The molecule has 0 atom stereocenters. The molecule has 11 heteroatoms. The van der Waals surface area contributed by atoms with Crippen molar-refractivity contribution in [3.05, 3.63) is 46.5 Å². The second-order valence-corrected chi connectivity index (χ2v) is 12.2. The van der Waals surface area contributed by atoms with Crippen molar-refractivity contribution in [1.29, 1.82) is 0 Å². The van der Waals surface area contributed by atoms with Crippen molar-refractivity contribution in [2.24, 2.45) is 5.92 Å². The number of ether oxygens (including phenoxy) is 3. The number of nitrogen functional groups attached to an aromatic ring is 1. The first-order valence-corrected chi connectivity index (χ1v) is 15.5. The fourth-order valence-corrected chi connectivity index (χ4v) is 5.37. The first kappa shape index (κ1) is 31.0. The molecule has 0 bridgehead atoms. The molecule has 0 spiro atoms. The number of ketones is 1. The highest BCUT2D eigenvalue weighted by molar-refractivity contribution is 7.88. The lowest BCUT2D eigenvalue weighted by Gasteiger charge is -2.32. The Balaban J connectivity index is 1.48. The average molecular weight is 582 g/mol. The number of sulfonamides is 1. The van der Waals surface area contributed by atoms with Crippen LogP contribution in [0.25, 0.3) is 0 Å². The fraction of sp³-hybridized carbons (Fsp3) is 0.536. The molecule has 9 nitrogen and oxygen atoms in total. The van der Waals surface area contributed by atoms with Gasteiger partial charge in [-0.2, -0.15) is 0 Å². The van der Waals surface area contributed by atoms with E-state index in [1.165, 1.54) is 6.26 Å². The van der Waals surface area contributed by atoms with Crippen LogP contribution in [-0.4, -0.2) is 65.8 Å². The highest BCUT2D eigenvalue weighted by Crippen LogP contribution is 2.32. The van der Waals surface area contributed by atoms with Gasteiger partial charge in [0.05, 0.1) is 36.7 Å². The molecule has 0 saturated carbocycles. The number of nitrogens with two attached hydrogens (primary N) is 1. The van der Waals surface area contributed by atoms with Gasteiger partial charge in [0.2, 0.25) is 10.0 Å². The van der Waals surface area contributed by atoms with E-state index in [1.807, 2.05) is 12.1 Å². The Morgan fingerprint density at radius 1 is 1.08 bits per heavy atom. The van der Waals surface area contributed by atoms with Crippen LogP contribution in [0.15, 0.2) is 30.3 Å². The maximum absolute atomic E-state index is 13.1. The zero-order valence-corrected chi connectivity index (χ0v) is 24.6. The number of Topliss-reactive ketones (excluding diaryl/α,β-unsaturated/α-hetero) is 1. The molecule has 39 heavy (non-hydrogen) atoms. The summed E-state index contributed by atoms with van der Waals surface area (Å²) >= 11 is 6.25. The Kier molecular flexibility index (Phi) is 11.7. The minimum Gasteiger partial charge on any atom is -0.497 e. The molecule has 3 rings (SSSR count). The fourth-order valence-electron chi connectivity index (χ4n) is 4.72. The number of halogens is 1. The predicted octanol–water partition coefficient (Wildman–Crippen LogP) is 4.52. The Morgan fingerprint density at radius 3 is 2.36 bits per heavy atom. The van der Waals surface area contributed by atoms with Crippen molar-refractivity contribution < 1.29 is 27.4 Å².